The lowest BCUT2D eigenvalue weighted by molar-refractivity contribution is -0.170. The summed E-state index contributed by atoms with van der Waals surface area (Å²) in [6.45, 7) is 4.29. The molecule has 0 fully saturated rings. The molecule has 0 spiro atoms. The molecule has 0 saturated heterocycles. The van der Waals surface area contributed by atoms with Crippen LogP contribution in [0.3, 0.4) is 0 Å². The maximum atomic E-state index is 12.2. The first kappa shape index (κ1) is 20.3. The average Bonchev–Trinajstić information content (AvgIpc) is 2.54. The Balaban J connectivity index is 2.66. The zero-order valence-electron chi connectivity index (χ0n) is 14.2. The van der Waals surface area contributed by atoms with Crippen LogP contribution >= 0.6 is 0 Å². The van der Waals surface area contributed by atoms with Crippen LogP contribution < -0.4 is 0 Å². The van der Waals surface area contributed by atoms with E-state index in [1.54, 1.807) is 6.07 Å². The van der Waals surface area contributed by atoms with Crippen LogP contribution in [0.5, 0.6) is 0 Å². The van der Waals surface area contributed by atoms with Gasteiger partial charge in [0, 0.05) is 6.20 Å². The molecule has 1 aromatic heterocycles. The lowest BCUT2D eigenvalue weighted by Gasteiger charge is -2.14. The van der Waals surface area contributed by atoms with Crippen molar-refractivity contribution in [3.63, 3.8) is 0 Å². The molecular weight excluding hydrogens is 319 g/mol. The Morgan fingerprint density at radius 2 is 1.92 bits per heavy atom. The Kier molecular flexibility index (Phi) is 8.08. The van der Waals surface area contributed by atoms with Crippen molar-refractivity contribution in [2.75, 3.05) is 0 Å². The summed E-state index contributed by atoms with van der Waals surface area (Å²) in [5, 5.41) is 0. The monoisotopic (exact) mass is 343 g/mol. The standard InChI is InChI=1S/C18H24F3NO2/c1-3-5-6-13(4-2)7-8-14-9-10-22-15(11-14)16(23)12-17(24)18(19,20)21/h9-11,13H,3-8,12H2,1-2H3. The summed E-state index contributed by atoms with van der Waals surface area (Å²) in [5.74, 6) is -2.33. The number of nitrogens with zero attached hydrogens (tertiary/aromatic N) is 1. The topological polar surface area (TPSA) is 47.0 Å². The van der Waals surface area contributed by atoms with Crippen LogP contribution in [0.25, 0.3) is 0 Å². The number of hydrogen-bond acceptors (Lipinski definition) is 3. The molecule has 6 heteroatoms. The van der Waals surface area contributed by atoms with Crippen molar-refractivity contribution < 1.29 is 22.8 Å². The van der Waals surface area contributed by atoms with E-state index in [9.17, 15) is 22.8 Å². The first-order valence-corrected chi connectivity index (χ1v) is 8.36. The molecule has 134 valence electrons. The molecule has 1 rings (SSSR count). The van der Waals surface area contributed by atoms with Gasteiger partial charge in [0.15, 0.2) is 5.78 Å². The minimum absolute atomic E-state index is 0.0771. The smallest absolute Gasteiger partial charge is 0.292 e. The minimum Gasteiger partial charge on any atom is -0.292 e. The van der Waals surface area contributed by atoms with E-state index in [1.807, 2.05) is 0 Å². The van der Waals surface area contributed by atoms with Gasteiger partial charge in [-0.1, -0.05) is 39.5 Å². The predicted molar refractivity (Wildman–Crippen MR) is 85.9 cm³/mol. The van der Waals surface area contributed by atoms with Gasteiger partial charge in [-0.2, -0.15) is 13.2 Å². The minimum atomic E-state index is -4.99. The molecule has 0 aliphatic heterocycles. The quantitative estimate of drug-likeness (QED) is 0.447. The summed E-state index contributed by atoms with van der Waals surface area (Å²) in [7, 11) is 0. The van der Waals surface area contributed by atoms with Crippen molar-refractivity contribution in [3.8, 4) is 0 Å². The molecule has 0 aliphatic carbocycles. The van der Waals surface area contributed by atoms with E-state index in [4.69, 9.17) is 0 Å². The van der Waals surface area contributed by atoms with E-state index in [-0.39, 0.29) is 5.69 Å². The Labute approximate surface area is 140 Å². The van der Waals surface area contributed by atoms with Crippen LogP contribution in [0.15, 0.2) is 18.3 Å². The number of carbonyl (C=O) groups is 2. The molecule has 0 bridgehead atoms. The van der Waals surface area contributed by atoms with E-state index in [0.717, 1.165) is 37.7 Å². The van der Waals surface area contributed by atoms with Gasteiger partial charge in [-0.15, -0.1) is 0 Å². The van der Waals surface area contributed by atoms with Gasteiger partial charge >= 0.3 is 6.18 Å². The highest BCUT2D eigenvalue weighted by atomic mass is 19.4. The molecule has 1 unspecified atom stereocenters. The van der Waals surface area contributed by atoms with Crippen LogP contribution in [-0.4, -0.2) is 22.7 Å². The van der Waals surface area contributed by atoms with Gasteiger partial charge in [-0.3, -0.25) is 14.6 Å². The van der Waals surface area contributed by atoms with Crippen molar-refractivity contribution in [1.29, 1.82) is 0 Å². The molecule has 1 atom stereocenters. The van der Waals surface area contributed by atoms with Crippen molar-refractivity contribution in [3.05, 3.63) is 29.6 Å². The molecule has 0 aliphatic rings. The van der Waals surface area contributed by atoms with Crippen LogP contribution in [0, 0.1) is 5.92 Å². The van der Waals surface area contributed by atoms with Crippen molar-refractivity contribution >= 4 is 11.6 Å². The Morgan fingerprint density at radius 3 is 2.50 bits per heavy atom. The number of halogens is 3. The summed E-state index contributed by atoms with van der Waals surface area (Å²) in [4.78, 5) is 26.5. The fraction of sp³-hybridized carbons (Fsp3) is 0.611. The van der Waals surface area contributed by atoms with E-state index in [0.29, 0.717) is 5.92 Å². The third kappa shape index (κ3) is 6.81. The zero-order valence-corrected chi connectivity index (χ0v) is 14.2. The number of aryl methyl sites for hydroxylation is 1. The SMILES string of the molecule is CCCCC(CC)CCc1ccnc(C(=O)CC(=O)C(F)(F)F)c1. The lowest BCUT2D eigenvalue weighted by Crippen LogP contribution is -2.25. The van der Waals surface area contributed by atoms with Crippen molar-refractivity contribution in [2.45, 2.75) is 65.0 Å². The number of carbonyl (C=O) groups excluding carboxylic acids is 2. The molecule has 0 aromatic carbocycles. The van der Waals surface area contributed by atoms with E-state index >= 15 is 0 Å². The lowest BCUT2D eigenvalue weighted by atomic mass is 9.92. The van der Waals surface area contributed by atoms with Crippen molar-refractivity contribution in [2.24, 2.45) is 5.92 Å². The van der Waals surface area contributed by atoms with E-state index < -0.39 is 24.2 Å². The van der Waals surface area contributed by atoms with Crippen molar-refractivity contribution in [1.82, 2.24) is 4.98 Å². The molecule has 1 heterocycles. The van der Waals surface area contributed by atoms with Gasteiger partial charge in [0.05, 0.1) is 6.42 Å². The summed E-state index contributed by atoms with van der Waals surface area (Å²) < 4.78 is 36.7. The van der Waals surface area contributed by atoms with Crippen LogP contribution in [-0.2, 0) is 11.2 Å². The zero-order chi connectivity index (χ0) is 18.2. The molecular formula is C18H24F3NO2. The summed E-state index contributed by atoms with van der Waals surface area (Å²) in [6, 6.07) is 3.26. The summed E-state index contributed by atoms with van der Waals surface area (Å²) >= 11 is 0. The second kappa shape index (κ2) is 9.55. The van der Waals surface area contributed by atoms with E-state index in [2.05, 4.69) is 18.8 Å². The Bertz CT molecular complexity index is 555. The number of unbranched alkanes of at least 4 members (excludes halogenated alkanes) is 1. The maximum Gasteiger partial charge on any atom is 0.450 e. The third-order valence-electron chi connectivity index (χ3n) is 4.13. The number of alkyl halides is 3. The number of ketones is 2. The van der Waals surface area contributed by atoms with Gasteiger partial charge < -0.3 is 0 Å². The van der Waals surface area contributed by atoms with Crippen LogP contribution in [0.2, 0.25) is 0 Å². The molecule has 0 amide bonds. The number of rotatable bonds is 10. The number of hydrogen-bond donors (Lipinski definition) is 0. The molecule has 24 heavy (non-hydrogen) atoms. The number of Topliss-reactive ketones (excluding diaryl/α,β-unsaturated/α-hetero) is 2. The fourth-order valence-corrected chi connectivity index (χ4v) is 2.54. The Morgan fingerprint density at radius 1 is 1.21 bits per heavy atom. The number of aromatic nitrogens is 1. The van der Waals surface area contributed by atoms with Gasteiger partial charge in [-0.25, -0.2) is 0 Å². The van der Waals surface area contributed by atoms with Gasteiger partial charge in [-0.05, 0) is 36.5 Å². The van der Waals surface area contributed by atoms with Gasteiger partial charge in [0.25, 0.3) is 0 Å². The summed E-state index contributed by atoms with van der Waals surface area (Å²) in [5.41, 5.74) is 0.787. The first-order chi connectivity index (χ1) is 11.3. The second-order valence-electron chi connectivity index (χ2n) is 6.03. The highest BCUT2D eigenvalue weighted by molar-refractivity contribution is 6.08. The molecule has 0 saturated carbocycles. The predicted octanol–water partition coefficient (Wildman–Crippen LogP) is 4.93. The Hall–Kier alpha value is -1.72. The second-order valence-corrected chi connectivity index (χ2v) is 6.03. The maximum absolute atomic E-state index is 12.2. The number of pyridine rings is 1. The average molecular weight is 343 g/mol. The first-order valence-electron chi connectivity index (χ1n) is 8.36. The largest absolute Gasteiger partial charge is 0.450 e. The fourth-order valence-electron chi connectivity index (χ4n) is 2.54. The highest BCUT2D eigenvalue weighted by Gasteiger charge is 2.39. The normalized spacial score (nSPS) is 12.9. The van der Waals surface area contributed by atoms with E-state index in [1.165, 1.54) is 18.7 Å². The summed E-state index contributed by atoms with van der Waals surface area (Å²) in [6.07, 6.45) is 1.52. The van der Waals surface area contributed by atoms with Crippen LogP contribution in [0.1, 0.15) is 68.4 Å². The molecule has 1 aromatic rings. The third-order valence-corrected chi connectivity index (χ3v) is 4.13. The highest BCUT2D eigenvalue weighted by Crippen LogP contribution is 2.21. The van der Waals surface area contributed by atoms with Gasteiger partial charge in [0.2, 0.25) is 5.78 Å². The van der Waals surface area contributed by atoms with Gasteiger partial charge in [0.1, 0.15) is 5.69 Å². The van der Waals surface area contributed by atoms with Crippen LogP contribution in [0.4, 0.5) is 13.2 Å². The molecule has 3 nitrogen and oxygen atoms in total. The molecule has 0 N–H and O–H groups in total. The molecule has 0 radical (unpaired) electrons.